The molecular formula is C9H16N4O3. The van der Waals surface area contributed by atoms with Gasteiger partial charge in [0, 0.05) is 13.2 Å². The second kappa shape index (κ2) is 6.91. The first-order valence-corrected chi connectivity index (χ1v) is 5.14. The number of nitrogens with one attached hydrogen (secondary N) is 2. The maximum atomic E-state index is 11.5. The van der Waals surface area contributed by atoms with E-state index in [4.69, 9.17) is 9.47 Å². The van der Waals surface area contributed by atoms with E-state index in [0.717, 1.165) is 0 Å². The van der Waals surface area contributed by atoms with Crippen molar-refractivity contribution < 1.29 is 14.3 Å². The number of hydrogen-bond donors (Lipinski definition) is 2. The molecule has 7 heteroatoms. The Kier molecular flexibility index (Phi) is 5.44. The van der Waals surface area contributed by atoms with Crippen LogP contribution < -0.4 is 5.32 Å². The van der Waals surface area contributed by atoms with Gasteiger partial charge in [-0.1, -0.05) is 0 Å². The monoisotopic (exact) mass is 228 g/mol. The number of nitrogens with zero attached hydrogens (tertiary/aromatic N) is 2. The Morgan fingerprint density at radius 2 is 2.19 bits per heavy atom. The van der Waals surface area contributed by atoms with Crippen LogP contribution in [0.2, 0.25) is 0 Å². The van der Waals surface area contributed by atoms with E-state index in [1.54, 1.807) is 0 Å². The highest BCUT2D eigenvalue weighted by atomic mass is 16.7. The molecule has 2 N–H and O–H groups in total. The Morgan fingerprint density at radius 3 is 2.69 bits per heavy atom. The molecule has 90 valence electrons. The second-order valence-corrected chi connectivity index (χ2v) is 2.93. The maximum absolute atomic E-state index is 11.5. The first-order valence-electron chi connectivity index (χ1n) is 5.14. The van der Waals surface area contributed by atoms with Crippen LogP contribution >= 0.6 is 0 Å². The van der Waals surface area contributed by atoms with Gasteiger partial charge in [0.1, 0.15) is 6.33 Å². The van der Waals surface area contributed by atoms with E-state index in [0.29, 0.717) is 19.2 Å². The van der Waals surface area contributed by atoms with Crippen molar-refractivity contribution in [3.05, 3.63) is 6.33 Å². The van der Waals surface area contributed by atoms with Gasteiger partial charge in [-0.3, -0.25) is 10.1 Å². The molecule has 0 spiro atoms. The van der Waals surface area contributed by atoms with Gasteiger partial charge in [-0.25, -0.2) is 5.10 Å². The molecule has 7 nitrogen and oxygen atoms in total. The van der Waals surface area contributed by atoms with Gasteiger partial charge in [-0.2, -0.15) is 10.1 Å². The van der Waals surface area contributed by atoms with E-state index in [1.165, 1.54) is 6.33 Å². The molecule has 0 aliphatic rings. The van der Waals surface area contributed by atoms with E-state index in [1.807, 2.05) is 13.8 Å². The van der Waals surface area contributed by atoms with Crippen LogP contribution in [-0.4, -0.2) is 40.6 Å². The lowest BCUT2D eigenvalue weighted by atomic mass is 10.4. The highest BCUT2D eigenvalue weighted by Crippen LogP contribution is 2.03. The van der Waals surface area contributed by atoms with E-state index in [2.05, 4.69) is 20.5 Å². The van der Waals surface area contributed by atoms with Crippen LogP contribution in [-0.2, 0) is 14.3 Å². The van der Waals surface area contributed by atoms with Crippen molar-refractivity contribution in [1.29, 1.82) is 0 Å². The number of H-pyrrole nitrogens is 1. The molecule has 0 saturated carbocycles. The number of carbonyl (C=O) groups is 1. The molecular weight excluding hydrogens is 212 g/mol. The average molecular weight is 228 g/mol. The number of anilines is 1. The van der Waals surface area contributed by atoms with E-state index < -0.39 is 6.29 Å². The molecule has 0 aliphatic carbocycles. The van der Waals surface area contributed by atoms with Crippen LogP contribution in [0.1, 0.15) is 20.3 Å². The minimum Gasteiger partial charge on any atom is -0.352 e. The zero-order chi connectivity index (χ0) is 11.8. The normalized spacial score (nSPS) is 10.7. The summed E-state index contributed by atoms with van der Waals surface area (Å²) in [6.07, 6.45) is 0.929. The van der Waals surface area contributed by atoms with Crippen LogP contribution in [0.5, 0.6) is 0 Å². The first kappa shape index (κ1) is 12.6. The number of carbonyl (C=O) groups excluding carboxylic acids is 1. The largest absolute Gasteiger partial charge is 0.352 e. The van der Waals surface area contributed by atoms with Gasteiger partial charge in [-0.05, 0) is 13.8 Å². The smallest absolute Gasteiger partial charge is 0.231 e. The van der Waals surface area contributed by atoms with E-state index in [-0.39, 0.29) is 12.3 Å². The summed E-state index contributed by atoms with van der Waals surface area (Å²) in [5, 5.41) is 8.69. The van der Waals surface area contributed by atoms with E-state index >= 15 is 0 Å². The summed E-state index contributed by atoms with van der Waals surface area (Å²) in [6, 6.07) is 0. The number of amides is 1. The molecule has 0 radical (unpaired) electrons. The van der Waals surface area contributed by atoms with Gasteiger partial charge in [0.15, 0.2) is 6.29 Å². The summed E-state index contributed by atoms with van der Waals surface area (Å²) in [6.45, 7) is 4.70. The number of aromatic amines is 1. The molecule has 0 fully saturated rings. The number of aromatic nitrogens is 3. The van der Waals surface area contributed by atoms with Gasteiger partial charge in [-0.15, -0.1) is 0 Å². The van der Waals surface area contributed by atoms with Crippen LogP contribution in [0, 0.1) is 0 Å². The average Bonchev–Trinajstić information content (AvgIpc) is 2.71. The molecule has 0 unspecified atom stereocenters. The predicted molar refractivity (Wildman–Crippen MR) is 56.7 cm³/mol. The van der Waals surface area contributed by atoms with Crippen LogP contribution in [0.4, 0.5) is 5.95 Å². The van der Waals surface area contributed by atoms with Crippen molar-refractivity contribution in [2.24, 2.45) is 0 Å². The fraction of sp³-hybridized carbons (Fsp3) is 0.667. The zero-order valence-electron chi connectivity index (χ0n) is 9.40. The molecule has 1 rings (SSSR count). The third-order valence-electron chi connectivity index (χ3n) is 1.73. The summed E-state index contributed by atoms with van der Waals surface area (Å²) < 4.78 is 10.5. The molecule has 1 aromatic rings. The summed E-state index contributed by atoms with van der Waals surface area (Å²) in [5.41, 5.74) is 0. The Labute approximate surface area is 93.5 Å². The van der Waals surface area contributed by atoms with Crippen LogP contribution in [0.15, 0.2) is 6.33 Å². The fourth-order valence-electron chi connectivity index (χ4n) is 1.14. The van der Waals surface area contributed by atoms with Gasteiger partial charge in [0.05, 0.1) is 6.42 Å². The van der Waals surface area contributed by atoms with Crippen molar-refractivity contribution in [2.45, 2.75) is 26.6 Å². The zero-order valence-corrected chi connectivity index (χ0v) is 9.40. The minimum absolute atomic E-state index is 0.127. The third kappa shape index (κ3) is 4.37. The van der Waals surface area contributed by atoms with Gasteiger partial charge in [0.25, 0.3) is 0 Å². The molecule has 1 heterocycles. The van der Waals surface area contributed by atoms with Gasteiger partial charge >= 0.3 is 0 Å². The topological polar surface area (TPSA) is 89.1 Å². The van der Waals surface area contributed by atoms with Crippen molar-refractivity contribution in [2.75, 3.05) is 18.5 Å². The van der Waals surface area contributed by atoms with Crippen molar-refractivity contribution in [3.63, 3.8) is 0 Å². The lowest BCUT2D eigenvalue weighted by molar-refractivity contribution is -0.150. The van der Waals surface area contributed by atoms with Gasteiger partial charge < -0.3 is 9.47 Å². The molecule has 0 aliphatic heterocycles. The Balaban J connectivity index is 2.35. The van der Waals surface area contributed by atoms with Crippen LogP contribution in [0.3, 0.4) is 0 Å². The third-order valence-corrected chi connectivity index (χ3v) is 1.73. The number of ether oxygens (including phenoxy) is 2. The summed E-state index contributed by atoms with van der Waals surface area (Å²) in [5.74, 6) is 0.0837. The number of rotatable bonds is 7. The molecule has 0 aromatic carbocycles. The van der Waals surface area contributed by atoms with Crippen molar-refractivity contribution >= 4 is 11.9 Å². The Morgan fingerprint density at radius 1 is 1.50 bits per heavy atom. The second-order valence-electron chi connectivity index (χ2n) is 2.93. The SMILES string of the molecule is CCOC(CC(=O)Nc1ncn[nH]1)OCC. The molecule has 0 atom stereocenters. The fourth-order valence-corrected chi connectivity index (χ4v) is 1.14. The summed E-state index contributed by atoms with van der Waals surface area (Å²) in [4.78, 5) is 15.3. The predicted octanol–water partition coefficient (Wildman–Crippen LogP) is 0.532. The number of hydrogen-bond acceptors (Lipinski definition) is 5. The highest BCUT2D eigenvalue weighted by Gasteiger charge is 2.14. The van der Waals surface area contributed by atoms with Crippen LogP contribution in [0.25, 0.3) is 0 Å². The summed E-state index contributed by atoms with van der Waals surface area (Å²) >= 11 is 0. The van der Waals surface area contributed by atoms with Crippen molar-refractivity contribution in [1.82, 2.24) is 15.2 Å². The molecule has 0 bridgehead atoms. The highest BCUT2D eigenvalue weighted by molar-refractivity contribution is 5.89. The molecule has 1 amide bonds. The summed E-state index contributed by atoms with van der Waals surface area (Å²) in [7, 11) is 0. The minimum atomic E-state index is -0.516. The quantitative estimate of drug-likeness (QED) is 0.664. The van der Waals surface area contributed by atoms with E-state index in [9.17, 15) is 4.79 Å². The Bertz CT molecular complexity index is 296. The lowest BCUT2D eigenvalue weighted by Crippen LogP contribution is -2.25. The maximum Gasteiger partial charge on any atom is 0.231 e. The molecule has 0 saturated heterocycles. The molecule has 16 heavy (non-hydrogen) atoms. The first-order chi connectivity index (χ1) is 7.76. The lowest BCUT2D eigenvalue weighted by Gasteiger charge is -2.15. The Hall–Kier alpha value is -1.47. The standard InChI is InChI=1S/C9H16N4O3/c1-3-15-8(16-4-2)5-7(14)12-9-10-6-11-13-9/h6,8H,3-5H2,1-2H3,(H2,10,11,12,13,14). The van der Waals surface area contributed by atoms with Crippen molar-refractivity contribution in [3.8, 4) is 0 Å². The van der Waals surface area contributed by atoms with Gasteiger partial charge in [0.2, 0.25) is 11.9 Å². The molecule has 1 aromatic heterocycles.